The molecule has 0 amide bonds. The topological polar surface area (TPSA) is 26.3 Å². The molecule has 0 N–H and O–H groups in total. The van der Waals surface area contributed by atoms with Crippen LogP contribution in [0, 0.1) is 5.92 Å². The highest BCUT2D eigenvalue weighted by Gasteiger charge is 2.16. The number of carbonyl (C=O) groups is 1. The fourth-order valence-electron chi connectivity index (χ4n) is 1.06. The summed E-state index contributed by atoms with van der Waals surface area (Å²) in [4.78, 5) is 10.1. The lowest BCUT2D eigenvalue weighted by Crippen LogP contribution is -2.20. The minimum absolute atomic E-state index is 0.00250. The first-order valence-corrected chi connectivity index (χ1v) is 4.27. The number of ether oxygens (including phenoxy) is 1. The van der Waals surface area contributed by atoms with Crippen molar-refractivity contribution in [2.45, 2.75) is 26.4 Å². The van der Waals surface area contributed by atoms with Crippen molar-refractivity contribution in [3.05, 3.63) is 24.8 Å². The van der Waals surface area contributed by atoms with Gasteiger partial charge in [-0.25, -0.2) is 4.79 Å². The van der Waals surface area contributed by atoms with Gasteiger partial charge in [0, 0.05) is 5.92 Å². The van der Waals surface area contributed by atoms with Gasteiger partial charge in [0.1, 0.15) is 6.10 Å². The van der Waals surface area contributed by atoms with E-state index in [0.29, 0.717) is 6.42 Å². The number of rotatable bonds is 5. The quantitative estimate of drug-likeness (QED) is 0.486. The average molecular weight is 186 g/mol. The van der Waals surface area contributed by atoms with E-state index in [1.165, 1.54) is 0 Å². The van der Waals surface area contributed by atoms with Gasteiger partial charge in [0.15, 0.2) is 0 Å². The zero-order valence-electron chi connectivity index (χ0n) is 8.00. The molecule has 3 heteroatoms. The van der Waals surface area contributed by atoms with Gasteiger partial charge >= 0.3 is 6.22 Å². The summed E-state index contributed by atoms with van der Waals surface area (Å²) in [6, 6.07) is 0. The van der Waals surface area contributed by atoms with Gasteiger partial charge in [-0.15, -0.1) is 4.39 Å². The van der Waals surface area contributed by atoms with Gasteiger partial charge in [-0.1, -0.05) is 38.7 Å². The summed E-state index contributed by atoms with van der Waals surface area (Å²) in [7, 11) is 0. The van der Waals surface area contributed by atoms with Crippen molar-refractivity contribution in [2.75, 3.05) is 0 Å². The predicted molar refractivity (Wildman–Crippen MR) is 50.2 cm³/mol. The Morgan fingerprint density at radius 3 is 2.69 bits per heavy atom. The summed E-state index contributed by atoms with van der Waals surface area (Å²) in [6.45, 7) is 7.21. The van der Waals surface area contributed by atoms with E-state index in [0.717, 1.165) is 0 Å². The lowest BCUT2D eigenvalue weighted by molar-refractivity contribution is 0.0564. The van der Waals surface area contributed by atoms with Crippen LogP contribution in [0.2, 0.25) is 0 Å². The highest BCUT2D eigenvalue weighted by Crippen LogP contribution is 2.13. The molecule has 0 aromatic heterocycles. The maximum absolute atomic E-state index is 11.9. The number of hydrogen-bond donors (Lipinski definition) is 0. The van der Waals surface area contributed by atoms with Crippen LogP contribution >= 0.6 is 0 Å². The van der Waals surface area contributed by atoms with Gasteiger partial charge in [0.05, 0.1) is 0 Å². The Kier molecular flexibility index (Phi) is 5.85. The molecule has 2 atom stereocenters. The third-order valence-electron chi connectivity index (χ3n) is 1.78. The van der Waals surface area contributed by atoms with Gasteiger partial charge in [0.2, 0.25) is 0 Å². The minimum atomic E-state index is -1.72. The van der Waals surface area contributed by atoms with Crippen LogP contribution < -0.4 is 0 Å². The maximum atomic E-state index is 11.9. The van der Waals surface area contributed by atoms with Crippen molar-refractivity contribution < 1.29 is 13.9 Å². The Hall–Kier alpha value is -1.12. The molecule has 0 radical (unpaired) electrons. The van der Waals surface area contributed by atoms with E-state index < -0.39 is 12.3 Å². The first kappa shape index (κ1) is 11.9. The van der Waals surface area contributed by atoms with Crippen molar-refractivity contribution in [3.63, 3.8) is 0 Å². The van der Waals surface area contributed by atoms with Gasteiger partial charge in [-0.05, 0) is 6.42 Å². The highest BCUT2D eigenvalue weighted by atomic mass is 19.1. The molecule has 2 nitrogen and oxygen atoms in total. The molecule has 0 aliphatic heterocycles. The zero-order valence-corrected chi connectivity index (χ0v) is 8.00. The molecule has 0 saturated carbocycles. The summed E-state index contributed by atoms with van der Waals surface area (Å²) < 4.78 is 16.4. The molecule has 0 spiro atoms. The van der Waals surface area contributed by atoms with Crippen molar-refractivity contribution in [1.82, 2.24) is 0 Å². The van der Waals surface area contributed by atoms with Crippen LogP contribution in [-0.4, -0.2) is 12.3 Å². The standard InChI is InChI=1S/C10H15FO2/c1-4-6-7-8(3)9(5-2)13-10(11)12/h4,6-9H,1,5H2,2-3H3/b7-6-/t8-,9+/m0/s1. The lowest BCUT2D eigenvalue weighted by Gasteiger charge is -2.17. The summed E-state index contributed by atoms with van der Waals surface area (Å²) in [6.07, 6.45) is 3.68. The predicted octanol–water partition coefficient (Wildman–Crippen LogP) is 3.25. The highest BCUT2D eigenvalue weighted by molar-refractivity contribution is 5.58. The van der Waals surface area contributed by atoms with Crippen molar-refractivity contribution >= 4 is 6.22 Å². The van der Waals surface area contributed by atoms with Crippen LogP contribution in [-0.2, 0) is 4.74 Å². The van der Waals surface area contributed by atoms with Gasteiger partial charge in [-0.2, -0.15) is 0 Å². The Morgan fingerprint density at radius 1 is 1.69 bits per heavy atom. The van der Waals surface area contributed by atoms with Crippen LogP contribution in [0.1, 0.15) is 20.3 Å². The first-order chi connectivity index (χ1) is 6.11. The summed E-state index contributed by atoms with van der Waals surface area (Å²) >= 11 is 0. The molecule has 0 saturated heterocycles. The van der Waals surface area contributed by atoms with Gasteiger partial charge < -0.3 is 4.74 Å². The second-order valence-corrected chi connectivity index (χ2v) is 2.78. The minimum Gasteiger partial charge on any atom is -0.436 e. The van der Waals surface area contributed by atoms with Gasteiger partial charge in [0.25, 0.3) is 0 Å². The van der Waals surface area contributed by atoms with E-state index in [1.54, 1.807) is 12.2 Å². The molecule has 0 heterocycles. The smallest absolute Gasteiger partial charge is 0.436 e. The third-order valence-corrected chi connectivity index (χ3v) is 1.78. The number of halogens is 1. The molecule has 0 aliphatic rings. The van der Waals surface area contributed by atoms with Crippen molar-refractivity contribution in [3.8, 4) is 0 Å². The van der Waals surface area contributed by atoms with E-state index in [1.807, 2.05) is 19.9 Å². The van der Waals surface area contributed by atoms with Crippen molar-refractivity contribution in [1.29, 1.82) is 0 Å². The van der Waals surface area contributed by atoms with Gasteiger partial charge in [-0.3, -0.25) is 0 Å². The molecule has 0 unspecified atom stereocenters. The second kappa shape index (κ2) is 6.40. The van der Waals surface area contributed by atoms with E-state index in [2.05, 4.69) is 11.3 Å². The molecule has 0 bridgehead atoms. The first-order valence-electron chi connectivity index (χ1n) is 4.27. The molecule has 74 valence electrons. The molecule has 0 aliphatic carbocycles. The lowest BCUT2D eigenvalue weighted by atomic mass is 10.0. The van der Waals surface area contributed by atoms with E-state index in [9.17, 15) is 9.18 Å². The molecule has 0 aromatic rings. The Balaban J connectivity index is 4.13. The number of carbonyl (C=O) groups excluding carboxylic acids is 1. The molecule has 13 heavy (non-hydrogen) atoms. The third kappa shape index (κ3) is 5.17. The fraction of sp³-hybridized carbons (Fsp3) is 0.500. The zero-order chi connectivity index (χ0) is 10.3. The summed E-state index contributed by atoms with van der Waals surface area (Å²) in [5.74, 6) is 0.00250. The molecule has 0 fully saturated rings. The molecular weight excluding hydrogens is 171 g/mol. The largest absolute Gasteiger partial charge is 0.495 e. The SMILES string of the molecule is C=C/C=C\[C@H](C)[C@@H](CC)OC(=O)F. The average Bonchev–Trinajstić information content (AvgIpc) is 2.09. The van der Waals surface area contributed by atoms with E-state index in [-0.39, 0.29) is 5.92 Å². The number of hydrogen-bond acceptors (Lipinski definition) is 2. The summed E-state index contributed by atoms with van der Waals surface area (Å²) in [5, 5.41) is 0. The second-order valence-electron chi connectivity index (χ2n) is 2.78. The molecule has 0 aromatic carbocycles. The molecular formula is C10H15FO2. The van der Waals surface area contributed by atoms with Crippen LogP contribution in [0.3, 0.4) is 0 Å². The van der Waals surface area contributed by atoms with Crippen LogP contribution in [0.15, 0.2) is 24.8 Å². The summed E-state index contributed by atoms with van der Waals surface area (Å²) in [5.41, 5.74) is 0. The van der Waals surface area contributed by atoms with Crippen LogP contribution in [0.25, 0.3) is 0 Å². The Morgan fingerprint density at radius 2 is 2.31 bits per heavy atom. The number of allylic oxidation sites excluding steroid dienone is 2. The maximum Gasteiger partial charge on any atom is 0.495 e. The van der Waals surface area contributed by atoms with Crippen LogP contribution in [0.5, 0.6) is 0 Å². The van der Waals surface area contributed by atoms with Crippen LogP contribution in [0.4, 0.5) is 9.18 Å². The molecule has 0 rings (SSSR count). The monoisotopic (exact) mass is 186 g/mol. The van der Waals surface area contributed by atoms with Crippen molar-refractivity contribution in [2.24, 2.45) is 5.92 Å². The normalized spacial score (nSPS) is 15.3. The Labute approximate surface area is 78.1 Å². The fourth-order valence-corrected chi connectivity index (χ4v) is 1.06. The van der Waals surface area contributed by atoms with E-state index >= 15 is 0 Å². The van der Waals surface area contributed by atoms with E-state index in [4.69, 9.17) is 0 Å². The Bertz CT molecular complexity index is 199.